The second kappa shape index (κ2) is 12.5. The standard InChI is InChI=1S/C7H14O3.CH2O4/c1-3-5-9-7(8)10-6-4-2;2-1(3)5-4/h3-6H2,1-2H3;4H,(H,2,3). The number of hydrogen-bond donors (Lipinski definition) is 2. The first-order valence-corrected chi connectivity index (χ1v) is 4.42. The summed E-state index contributed by atoms with van der Waals surface area (Å²) in [7, 11) is 0. The zero-order chi connectivity index (χ0) is 12.1. The van der Waals surface area contributed by atoms with Gasteiger partial charge in [0.25, 0.3) is 0 Å². The van der Waals surface area contributed by atoms with Crippen LogP contribution in [-0.2, 0) is 14.4 Å². The lowest BCUT2D eigenvalue weighted by Gasteiger charge is -2.02. The second-order valence-electron chi connectivity index (χ2n) is 2.30. The second-order valence-corrected chi connectivity index (χ2v) is 2.30. The van der Waals surface area contributed by atoms with Gasteiger partial charge in [-0.05, 0) is 12.8 Å². The molecule has 7 heteroatoms. The van der Waals surface area contributed by atoms with Gasteiger partial charge in [-0.15, -0.1) is 0 Å². The van der Waals surface area contributed by atoms with Crippen LogP contribution in [0, 0.1) is 0 Å². The summed E-state index contributed by atoms with van der Waals surface area (Å²) in [6, 6.07) is 0. The third-order valence-electron chi connectivity index (χ3n) is 0.926. The van der Waals surface area contributed by atoms with Crippen LogP contribution in [0.25, 0.3) is 0 Å². The van der Waals surface area contributed by atoms with Crippen LogP contribution in [0.3, 0.4) is 0 Å². The minimum Gasteiger partial charge on any atom is -0.448 e. The van der Waals surface area contributed by atoms with E-state index in [4.69, 9.17) is 15.2 Å². The zero-order valence-corrected chi connectivity index (χ0v) is 8.76. The molecule has 0 atom stereocenters. The van der Waals surface area contributed by atoms with Crippen molar-refractivity contribution in [2.75, 3.05) is 13.2 Å². The van der Waals surface area contributed by atoms with Gasteiger partial charge in [0.05, 0.1) is 13.2 Å². The van der Waals surface area contributed by atoms with Crippen molar-refractivity contribution in [2.24, 2.45) is 0 Å². The molecule has 0 aromatic heterocycles. The summed E-state index contributed by atoms with van der Waals surface area (Å²) in [5.41, 5.74) is 0. The van der Waals surface area contributed by atoms with E-state index in [0.717, 1.165) is 12.8 Å². The van der Waals surface area contributed by atoms with Crippen LogP contribution in [0.15, 0.2) is 0 Å². The van der Waals surface area contributed by atoms with Gasteiger partial charge in [0, 0.05) is 0 Å². The lowest BCUT2D eigenvalue weighted by molar-refractivity contribution is -0.194. The van der Waals surface area contributed by atoms with Crippen molar-refractivity contribution in [1.29, 1.82) is 0 Å². The van der Waals surface area contributed by atoms with Gasteiger partial charge in [0.2, 0.25) is 0 Å². The Morgan fingerprint density at radius 3 is 1.60 bits per heavy atom. The van der Waals surface area contributed by atoms with Crippen molar-refractivity contribution in [3.63, 3.8) is 0 Å². The predicted octanol–water partition coefficient (Wildman–Crippen LogP) is 2.11. The summed E-state index contributed by atoms with van der Waals surface area (Å²) < 4.78 is 9.26. The Labute approximate surface area is 87.5 Å². The molecular formula is C8H16O7. The van der Waals surface area contributed by atoms with Gasteiger partial charge in [-0.25, -0.2) is 9.59 Å². The van der Waals surface area contributed by atoms with E-state index in [-0.39, 0.29) is 0 Å². The fraction of sp³-hybridized carbons (Fsp3) is 0.750. The lowest BCUT2D eigenvalue weighted by atomic mass is 10.5. The predicted molar refractivity (Wildman–Crippen MR) is 49.6 cm³/mol. The van der Waals surface area contributed by atoms with Crippen LogP contribution in [-0.4, -0.2) is 35.9 Å². The van der Waals surface area contributed by atoms with Gasteiger partial charge in [-0.3, -0.25) is 4.89 Å². The maximum absolute atomic E-state index is 10.5. The number of carboxylic acid groups (broad SMARTS) is 1. The smallest absolute Gasteiger partial charge is 0.448 e. The summed E-state index contributed by atoms with van der Waals surface area (Å²) in [4.78, 5) is 22.1. The van der Waals surface area contributed by atoms with E-state index >= 15 is 0 Å². The largest absolute Gasteiger partial charge is 0.537 e. The Balaban J connectivity index is 0. The molecule has 0 aromatic rings. The quantitative estimate of drug-likeness (QED) is 0.428. The summed E-state index contributed by atoms with van der Waals surface area (Å²) in [5.74, 6) is 0. The van der Waals surface area contributed by atoms with Gasteiger partial charge in [0.15, 0.2) is 0 Å². The van der Waals surface area contributed by atoms with Crippen molar-refractivity contribution >= 4 is 12.3 Å². The molecule has 0 bridgehead atoms. The summed E-state index contributed by atoms with van der Waals surface area (Å²) in [6.45, 7) is 4.77. The zero-order valence-electron chi connectivity index (χ0n) is 8.76. The lowest BCUT2D eigenvalue weighted by Crippen LogP contribution is -2.08. The Bertz CT molecular complexity index is 158. The first-order valence-electron chi connectivity index (χ1n) is 4.42. The SMILES string of the molecule is CCCOC(=O)OCCC.O=C(O)OO. The normalized spacial score (nSPS) is 8.20. The first kappa shape index (κ1) is 15.9. The highest BCUT2D eigenvalue weighted by Gasteiger charge is 1.99. The minimum absolute atomic E-state index is 0.447. The van der Waals surface area contributed by atoms with E-state index in [0.29, 0.717) is 13.2 Å². The minimum atomic E-state index is -1.69. The molecule has 0 aliphatic heterocycles. The molecule has 0 aromatic carbocycles. The molecule has 15 heavy (non-hydrogen) atoms. The molecule has 0 spiro atoms. The van der Waals surface area contributed by atoms with Crippen LogP contribution in [0.4, 0.5) is 9.59 Å². The van der Waals surface area contributed by atoms with Crippen molar-refractivity contribution < 1.29 is 34.3 Å². The van der Waals surface area contributed by atoms with Gasteiger partial charge >= 0.3 is 12.3 Å². The van der Waals surface area contributed by atoms with E-state index in [1.54, 1.807) is 0 Å². The summed E-state index contributed by atoms with van der Waals surface area (Å²) >= 11 is 0. The van der Waals surface area contributed by atoms with Gasteiger partial charge in [-0.2, -0.15) is 5.26 Å². The van der Waals surface area contributed by atoms with Crippen molar-refractivity contribution in [2.45, 2.75) is 26.7 Å². The van der Waals surface area contributed by atoms with Gasteiger partial charge < -0.3 is 14.6 Å². The van der Waals surface area contributed by atoms with Crippen LogP contribution >= 0.6 is 0 Å². The van der Waals surface area contributed by atoms with Crippen molar-refractivity contribution in [3.8, 4) is 0 Å². The number of hydrogen-bond acceptors (Lipinski definition) is 6. The van der Waals surface area contributed by atoms with E-state index in [1.807, 2.05) is 13.8 Å². The van der Waals surface area contributed by atoms with Crippen molar-refractivity contribution in [1.82, 2.24) is 0 Å². The topological polar surface area (TPSA) is 102 Å². The van der Waals surface area contributed by atoms with Crippen LogP contribution in [0.1, 0.15) is 26.7 Å². The van der Waals surface area contributed by atoms with Gasteiger partial charge in [0.1, 0.15) is 0 Å². The average Bonchev–Trinajstić information content (AvgIpc) is 2.24. The molecule has 0 aliphatic rings. The fourth-order valence-corrected chi connectivity index (χ4v) is 0.412. The molecule has 90 valence electrons. The fourth-order valence-electron chi connectivity index (χ4n) is 0.412. The first-order chi connectivity index (χ1) is 7.08. The van der Waals surface area contributed by atoms with E-state index < -0.39 is 12.3 Å². The van der Waals surface area contributed by atoms with Crippen LogP contribution in [0.5, 0.6) is 0 Å². The van der Waals surface area contributed by atoms with E-state index in [9.17, 15) is 4.79 Å². The maximum Gasteiger partial charge on any atom is 0.537 e. The molecule has 0 rings (SSSR count). The molecular weight excluding hydrogens is 208 g/mol. The summed E-state index contributed by atoms with van der Waals surface area (Å²) in [5, 5.41) is 14.3. The maximum atomic E-state index is 10.5. The van der Waals surface area contributed by atoms with Crippen LogP contribution < -0.4 is 0 Å². The molecule has 2 N–H and O–H groups in total. The molecule has 0 heterocycles. The monoisotopic (exact) mass is 224 g/mol. The molecule has 0 amide bonds. The summed E-state index contributed by atoms with van der Waals surface area (Å²) in [6.07, 6.45) is -0.573. The number of ether oxygens (including phenoxy) is 2. The van der Waals surface area contributed by atoms with E-state index in [2.05, 4.69) is 14.4 Å². The third kappa shape index (κ3) is 19.1. The highest BCUT2D eigenvalue weighted by Crippen LogP contribution is 1.88. The van der Waals surface area contributed by atoms with E-state index in [1.165, 1.54) is 0 Å². The molecule has 0 saturated heterocycles. The molecule has 7 nitrogen and oxygen atoms in total. The number of carbonyl (C=O) groups excluding carboxylic acids is 1. The Hall–Kier alpha value is -1.50. The highest BCUT2D eigenvalue weighted by molar-refractivity contribution is 5.59. The molecule has 0 saturated carbocycles. The Kier molecular flexibility index (Phi) is 13.3. The Morgan fingerprint density at radius 1 is 1.07 bits per heavy atom. The third-order valence-corrected chi connectivity index (χ3v) is 0.926. The molecule has 0 unspecified atom stereocenters. The van der Waals surface area contributed by atoms with Crippen molar-refractivity contribution in [3.05, 3.63) is 0 Å². The number of carbonyl (C=O) groups is 2. The Morgan fingerprint density at radius 2 is 1.40 bits per heavy atom. The van der Waals surface area contributed by atoms with Crippen LogP contribution in [0.2, 0.25) is 0 Å². The molecule has 0 fully saturated rings. The molecule has 0 radical (unpaired) electrons. The number of rotatable bonds is 4. The average molecular weight is 224 g/mol. The van der Waals surface area contributed by atoms with Gasteiger partial charge in [-0.1, -0.05) is 13.8 Å². The molecule has 0 aliphatic carbocycles. The highest BCUT2D eigenvalue weighted by atomic mass is 17.1.